The van der Waals surface area contributed by atoms with Crippen molar-refractivity contribution < 1.29 is 28.6 Å². The second-order valence-electron chi connectivity index (χ2n) is 17.4. The monoisotopic (exact) mass is 891 g/mol. The third-order valence-electron chi connectivity index (χ3n) is 11.1. The predicted octanol–water partition coefficient (Wildman–Crippen LogP) is 17.6. The van der Waals surface area contributed by atoms with Crippen LogP contribution in [-0.4, -0.2) is 37.2 Å². The summed E-state index contributed by atoms with van der Waals surface area (Å²) in [5.74, 6) is -0.925. The Labute approximate surface area is 395 Å². The molecule has 366 valence electrons. The van der Waals surface area contributed by atoms with Crippen LogP contribution < -0.4 is 0 Å². The second-order valence-corrected chi connectivity index (χ2v) is 17.4. The number of rotatable bonds is 47. The minimum Gasteiger partial charge on any atom is -0.462 e. The molecule has 6 heteroatoms. The van der Waals surface area contributed by atoms with Crippen LogP contribution in [0.2, 0.25) is 0 Å². The lowest BCUT2D eigenvalue weighted by atomic mass is 10.1. The Morgan fingerprint density at radius 1 is 0.328 bits per heavy atom. The second kappa shape index (κ2) is 52.2. The first kappa shape index (κ1) is 60.6. The van der Waals surface area contributed by atoms with E-state index in [0.29, 0.717) is 19.3 Å². The molecule has 0 rings (SSSR count). The highest BCUT2D eigenvalue weighted by atomic mass is 16.6. The number of carbonyl (C=O) groups excluding carboxylic acids is 3. The van der Waals surface area contributed by atoms with Crippen molar-refractivity contribution in [2.24, 2.45) is 0 Å². The first-order chi connectivity index (χ1) is 31.5. The lowest BCUT2D eigenvalue weighted by Crippen LogP contribution is -2.30. The summed E-state index contributed by atoms with van der Waals surface area (Å²) >= 11 is 0. The summed E-state index contributed by atoms with van der Waals surface area (Å²) in [7, 11) is 0. The minimum atomic E-state index is -0.793. The van der Waals surface area contributed by atoms with Crippen molar-refractivity contribution in [2.75, 3.05) is 13.2 Å². The highest BCUT2D eigenvalue weighted by molar-refractivity contribution is 5.71. The van der Waals surface area contributed by atoms with Crippen molar-refractivity contribution in [3.63, 3.8) is 0 Å². The van der Waals surface area contributed by atoms with Crippen LogP contribution in [0.4, 0.5) is 0 Å². The van der Waals surface area contributed by atoms with Gasteiger partial charge in [-0.2, -0.15) is 0 Å². The largest absolute Gasteiger partial charge is 0.462 e. The van der Waals surface area contributed by atoms with Crippen LogP contribution in [0.3, 0.4) is 0 Å². The van der Waals surface area contributed by atoms with Crippen LogP contribution >= 0.6 is 0 Å². The third-order valence-corrected chi connectivity index (χ3v) is 11.1. The normalized spacial score (nSPS) is 12.7. The van der Waals surface area contributed by atoms with Crippen molar-refractivity contribution in [1.29, 1.82) is 0 Å². The van der Waals surface area contributed by atoms with Crippen LogP contribution in [0.5, 0.6) is 0 Å². The van der Waals surface area contributed by atoms with Crippen LogP contribution in [-0.2, 0) is 28.6 Å². The molecule has 0 aliphatic rings. The average molecular weight is 891 g/mol. The zero-order chi connectivity index (χ0) is 46.5. The number of allylic oxidation sites excluding steroid dienone is 14. The number of hydrogen-bond donors (Lipinski definition) is 0. The zero-order valence-electron chi connectivity index (χ0n) is 41.8. The molecule has 0 heterocycles. The Bertz CT molecular complexity index is 1250. The van der Waals surface area contributed by atoms with E-state index in [1.807, 2.05) is 0 Å². The molecule has 0 aromatic rings. The van der Waals surface area contributed by atoms with Gasteiger partial charge in [0.25, 0.3) is 0 Å². The van der Waals surface area contributed by atoms with E-state index in [1.165, 1.54) is 77.0 Å². The maximum Gasteiger partial charge on any atom is 0.306 e. The van der Waals surface area contributed by atoms with E-state index in [0.717, 1.165) is 128 Å². The van der Waals surface area contributed by atoms with E-state index in [2.05, 4.69) is 106 Å². The Balaban J connectivity index is 4.44. The lowest BCUT2D eigenvalue weighted by molar-refractivity contribution is -0.167. The Morgan fingerprint density at radius 3 is 0.969 bits per heavy atom. The summed E-state index contributed by atoms with van der Waals surface area (Å²) in [6.07, 6.45) is 67.0. The lowest BCUT2D eigenvalue weighted by Gasteiger charge is -2.18. The van der Waals surface area contributed by atoms with Gasteiger partial charge in [-0.1, -0.05) is 202 Å². The SMILES string of the molecule is CC/C=C\C/C=C\C/C=C\CCCCCCCCCC(=O)OCC(COC(=O)CCCCCCC/C=C\CCCCCCC)OC(=O)CCCCCCC/C=C\C/C=C\C/C=C\CC. The number of hydrogen-bond acceptors (Lipinski definition) is 6. The van der Waals surface area contributed by atoms with Crippen LogP contribution in [0.25, 0.3) is 0 Å². The molecule has 0 aliphatic heterocycles. The van der Waals surface area contributed by atoms with Gasteiger partial charge >= 0.3 is 17.9 Å². The Hall–Kier alpha value is -3.41. The quantitative estimate of drug-likeness (QED) is 0.0262. The van der Waals surface area contributed by atoms with Gasteiger partial charge < -0.3 is 14.2 Å². The number of esters is 3. The highest BCUT2D eigenvalue weighted by Gasteiger charge is 2.19. The number of ether oxygens (including phenoxy) is 3. The van der Waals surface area contributed by atoms with Gasteiger partial charge in [-0.25, -0.2) is 0 Å². The summed E-state index contributed by atoms with van der Waals surface area (Å²) in [4.78, 5) is 38.0. The average Bonchev–Trinajstić information content (AvgIpc) is 3.29. The highest BCUT2D eigenvalue weighted by Crippen LogP contribution is 2.14. The Kier molecular flexibility index (Phi) is 49.4. The summed E-state index contributed by atoms with van der Waals surface area (Å²) < 4.78 is 16.8. The van der Waals surface area contributed by atoms with Crippen molar-refractivity contribution in [2.45, 2.75) is 252 Å². The smallest absolute Gasteiger partial charge is 0.306 e. The van der Waals surface area contributed by atoms with Gasteiger partial charge in [0.2, 0.25) is 0 Å². The fourth-order valence-electron chi connectivity index (χ4n) is 7.17. The number of unbranched alkanes of at least 4 members (excludes halogenated alkanes) is 22. The van der Waals surface area contributed by atoms with Crippen molar-refractivity contribution in [3.8, 4) is 0 Å². The van der Waals surface area contributed by atoms with Crippen LogP contribution in [0.15, 0.2) is 85.1 Å². The molecular formula is C58H98O6. The minimum absolute atomic E-state index is 0.0915. The summed E-state index contributed by atoms with van der Waals surface area (Å²) in [5.41, 5.74) is 0. The molecule has 1 atom stereocenters. The molecule has 0 radical (unpaired) electrons. The molecule has 0 N–H and O–H groups in total. The Morgan fingerprint density at radius 2 is 0.609 bits per heavy atom. The molecule has 0 saturated carbocycles. The predicted molar refractivity (Wildman–Crippen MR) is 274 cm³/mol. The fraction of sp³-hybridized carbons (Fsp3) is 0.707. The molecule has 64 heavy (non-hydrogen) atoms. The summed E-state index contributed by atoms with van der Waals surface area (Å²) in [6.45, 7) is 6.38. The molecule has 0 fully saturated rings. The molecule has 0 bridgehead atoms. The zero-order valence-corrected chi connectivity index (χ0v) is 41.8. The van der Waals surface area contributed by atoms with Gasteiger partial charge in [-0.15, -0.1) is 0 Å². The van der Waals surface area contributed by atoms with Gasteiger partial charge in [0, 0.05) is 19.3 Å². The van der Waals surface area contributed by atoms with Crippen LogP contribution in [0.1, 0.15) is 245 Å². The van der Waals surface area contributed by atoms with Gasteiger partial charge in [-0.3, -0.25) is 14.4 Å². The van der Waals surface area contributed by atoms with Gasteiger partial charge in [-0.05, 0) is 109 Å². The molecule has 1 unspecified atom stereocenters. The topological polar surface area (TPSA) is 78.9 Å². The maximum atomic E-state index is 12.8. The molecule has 0 amide bonds. The number of carbonyl (C=O) groups is 3. The van der Waals surface area contributed by atoms with E-state index in [9.17, 15) is 14.4 Å². The van der Waals surface area contributed by atoms with Gasteiger partial charge in [0.1, 0.15) is 13.2 Å². The van der Waals surface area contributed by atoms with Gasteiger partial charge in [0.05, 0.1) is 0 Å². The molecule has 0 saturated heterocycles. The third kappa shape index (κ3) is 49.6. The fourth-order valence-corrected chi connectivity index (χ4v) is 7.17. The van der Waals surface area contributed by atoms with Crippen molar-refractivity contribution >= 4 is 17.9 Å². The van der Waals surface area contributed by atoms with E-state index in [-0.39, 0.29) is 31.1 Å². The van der Waals surface area contributed by atoms with E-state index in [1.54, 1.807) is 0 Å². The van der Waals surface area contributed by atoms with E-state index in [4.69, 9.17) is 14.2 Å². The first-order valence-electron chi connectivity index (χ1n) is 26.6. The maximum absolute atomic E-state index is 12.8. The van der Waals surface area contributed by atoms with Crippen LogP contribution in [0, 0.1) is 0 Å². The van der Waals surface area contributed by atoms with Gasteiger partial charge in [0.15, 0.2) is 6.10 Å². The first-order valence-corrected chi connectivity index (χ1v) is 26.6. The molecule has 0 aliphatic carbocycles. The molecular weight excluding hydrogens is 793 g/mol. The summed E-state index contributed by atoms with van der Waals surface area (Å²) in [6, 6.07) is 0. The van der Waals surface area contributed by atoms with E-state index >= 15 is 0 Å². The summed E-state index contributed by atoms with van der Waals surface area (Å²) in [5, 5.41) is 0. The molecule has 0 aromatic heterocycles. The standard InChI is InChI=1S/C58H98O6/c1-4-7-10-13-16-19-22-25-28-29-31-33-36-39-42-45-48-51-57(60)63-54-55(53-62-56(59)50-47-44-41-38-35-32-27-24-21-18-15-12-9-6-3)64-58(61)52-49-46-43-40-37-34-30-26-23-20-17-14-11-8-5-2/h7-8,10-11,16-17,19-20,24-28,30,55H,4-6,9,12-15,18,21-23,29,31-54H2,1-3H3/b10-7-,11-8-,19-16-,20-17-,27-24-,28-25-,30-26-. The van der Waals surface area contributed by atoms with E-state index < -0.39 is 6.10 Å². The molecule has 0 aromatic carbocycles. The van der Waals surface area contributed by atoms with Crippen molar-refractivity contribution in [1.82, 2.24) is 0 Å². The molecule has 6 nitrogen and oxygen atoms in total. The molecule has 0 spiro atoms. The van der Waals surface area contributed by atoms with Crippen molar-refractivity contribution in [3.05, 3.63) is 85.1 Å².